The highest BCUT2D eigenvalue weighted by Gasteiger charge is 2.20. The van der Waals surface area contributed by atoms with Gasteiger partial charge in [-0.1, -0.05) is 5.16 Å². The first-order valence-electron chi connectivity index (χ1n) is 9.55. The SMILES string of the molecule is COc1ccc(-c2[nH]c3ccc(F)cc3c2CC(=O)N(C)Cc2cc(C)no2)cc1. The van der Waals surface area contributed by atoms with Crippen LogP contribution in [0.4, 0.5) is 4.39 Å². The lowest BCUT2D eigenvalue weighted by Crippen LogP contribution is -2.27. The molecule has 0 aliphatic rings. The lowest BCUT2D eigenvalue weighted by Gasteiger charge is -2.16. The molecule has 7 heteroatoms. The summed E-state index contributed by atoms with van der Waals surface area (Å²) in [6.07, 6.45) is 0.119. The van der Waals surface area contributed by atoms with Gasteiger partial charge in [0, 0.05) is 24.0 Å². The largest absolute Gasteiger partial charge is 0.497 e. The smallest absolute Gasteiger partial charge is 0.227 e. The second kappa shape index (κ2) is 8.02. The summed E-state index contributed by atoms with van der Waals surface area (Å²) < 4.78 is 24.4. The second-order valence-electron chi connectivity index (χ2n) is 7.26. The van der Waals surface area contributed by atoms with Crippen LogP contribution in [0.2, 0.25) is 0 Å². The maximum Gasteiger partial charge on any atom is 0.227 e. The van der Waals surface area contributed by atoms with E-state index in [0.717, 1.165) is 33.8 Å². The van der Waals surface area contributed by atoms with Gasteiger partial charge in [0.15, 0.2) is 5.76 Å². The number of ether oxygens (including phenoxy) is 1. The molecule has 0 saturated carbocycles. The Balaban J connectivity index is 1.68. The summed E-state index contributed by atoms with van der Waals surface area (Å²) in [4.78, 5) is 17.9. The van der Waals surface area contributed by atoms with Crippen LogP contribution in [0.3, 0.4) is 0 Å². The van der Waals surface area contributed by atoms with Crippen molar-refractivity contribution in [2.24, 2.45) is 0 Å². The van der Waals surface area contributed by atoms with Crippen LogP contribution in [0.15, 0.2) is 53.1 Å². The molecule has 0 aliphatic carbocycles. The van der Waals surface area contributed by atoms with E-state index in [-0.39, 0.29) is 18.1 Å². The van der Waals surface area contributed by atoms with E-state index in [4.69, 9.17) is 9.26 Å². The number of benzene rings is 2. The number of hydrogen-bond donors (Lipinski definition) is 1. The minimum absolute atomic E-state index is 0.107. The summed E-state index contributed by atoms with van der Waals surface area (Å²) >= 11 is 0. The zero-order chi connectivity index (χ0) is 21.3. The van der Waals surface area contributed by atoms with E-state index in [9.17, 15) is 9.18 Å². The number of fused-ring (bicyclic) bond motifs is 1. The molecule has 0 spiro atoms. The average molecular weight is 407 g/mol. The number of aryl methyl sites for hydroxylation is 1. The Hall–Kier alpha value is -3.61. The maximum atomic E-state index is 14.0. The normalized spacial score (nSPS) is 11.1. The van der Waals surface area contributed by atoms with Crippen LogP contribution >= 0.6 is 0 Å². The molecule has 1 amide bonds. The number of carbonyl (C=O) groups is 1. The van der Waals surface area contributed by atoms with Gasteiger partial charge in [0.05, 0.1) is 31.5 Å². The third-order valence-electron chi connectivity index (χ3n) is 5.07. The van der Waals surface area contributed by atoms with Gasteiger partial charge in [0.25, 0.3) is 0 Å². The predicted molar refractivity (Wildman–Crippen MR) is 112 cm³/mol. The van der Waals surface area contributed by atoms with Gasteiger partial charge in [-0.2, -0.15) is 0 Å². The van der Waals surface area contributed by atoms with Gasteiger partial charge in [0.1, 0.15) is 11.6 Å². The summed E-state index contributed by atoms with van der Waals surface area (Å²) in [5.41, 5.74) is 3.97. The van der Waals surface area contributed by atoms with Crippen LogP contribution in [-0.2, 0) is 17.8 Å². The Morgan fingerprint density at radius 1 is 1.20 bits per heavy atom. The molecule has 6 nitrogen and oxygen atoms in total. The topological polar surface area (TPSA) is 71.4 Å². The Labute approximate surface area is 173 Å². The molecule has 0 atom stereocenters. The van der Waals surface area contributed by atoms with Crippen LogP contribution in [0, 0.1) is 12.7 Å². The third kappa shape index (κ3) is 3.91. The Morgan fingerprint density at radius 2 is 1.97 bits per heavy atom. The third-order valence-corrected chi connectivity index (χ3v) is 5.07. The van der Waals surface area contributed by atoms with Gasteiger partial charge < -0.3 is 19.1 Å². The van der Waals surface area contributed by atoms with Gasteiger partial charge in [-0.15, -0.1) is 0 Å². The minimum Gasteiger partial charge on any atom is -0.497 e. The Morgan fingerprint density at radius 3 is 2.63 bits per heavy atom. The fourth-order valence-corrected chi connectivity index (χ4v) is 3.51. The molecular formula is C23H22FN3O3. The molecule has 2 aromatic carbocycles. The number of hydrogen-bond acceptors (Lipinski definition) is 4. The molecule has 30 heavy (non-hydrogen) atoms. The Kier molecular flexibility index (Phi) is 5.27. The lowest BCUT2D eigenvalue weighted by molar-refractivity contribution is -0.129. The summed E-state index contributed by atoms with van der Waals surface area (Å²) in [5, 5.41) is 4.55. The van der Waals surface area contributed by atoms with Gasteiger partial charge in [0.2, 0.25) is 5.91 Å². The zero-order valence-electron chi connectivity index (χ0n) is 17.0. The van der Waals surface area contributed by atoms with Gasteiger partial charge in [-0.05, 0) is 60.5 Å². The molecule has 0 bridgehead atoms. The van der Waals surface area contributed by atoms with Crippen LogP contribution in [0.25, 0.3) is 22.2 Å². The fourth-order valence-electron chi connectivity index (χ4n) is 3.51. The van der Waals surface area contributed by atoms with Crippen molar-refractivity contribution < 1.29 is 18.4 Å². The number of aromatic nitrogens is 2. The summed E-state index contributed by atoms with van der Waals surface area (Å²) in [6, 6.07) is 13.9. The van der Waals surface area contributed by atoms with E-state index in [2.05, 4.69) is 10.1 Å². The molecule has 154 valence electrons. The van der Waals surface area contributed by atoms with Gasteiger partial charge in [-0.3, -0.25) is 4.79 Å². The summed E-state index contributed by atoms with van der Waals surface area (Å²) in [5.74, 6) is 0.898. The molecule has 4 aromatic rings. The molecule has 0 radical (unpaired) electrons. The van der Waals surface area contributed by atoms with Crippen molar-refractivity contribution >= 4 is 16.8 Å². The van der Waals surface area contributed by atoms with E-state index in [0.29, 0.717) is 17.7 Å². The number of nitrogens with zero attached hydrogens (tertiary/aromatic N) is 2. The van der Waals surface area contributed by atoms with Crippen molar-refractivity contribution in [1.82, 2.24) is 15.0 Å². The van der Waals surface area contributed by atoms with E-state index in [1.54, 1.807) is 31.2 Å². The quantitative estimate of drug-likeness (QED) is 0.512. The number of H-pyrrole nitrogens is 1. The molecule has 0 aliphatic heterocycles. The van der Waals surface area contributed by atoms with Crippen LogP contribution in [0.1, 0.15) is 17.0 Å². The lowest BCUT2D eigenvalue weighted by atomic mass is 10.0. The Bertz CT molecular complexity index is 1190. The van der Waals surface area contributed by atoms with Crippen molar-refractivity contribution in [1.29, 1.82) is 0 Å². The monoisotopic (exact) mass is 407 g/mol. The van der Waals surface area contributed by atoms with E-state index in [1.165, 1.54) is 12.1 Å². The average Bonchev–Trinajstić information content (AvgIpc) is 3.31. The van der Waals surface area contributed by atoms with Crippen molar-refractivity contribution in [3.8, 4) is 17.0 Å². The van der Waals surface area contributed by atoms with Gasteiger partial charge in [-0.25, -0.2) is 4.39 Å². The zero-order valence-corrected chi connectivity index (χ0v) is 17.0. The number of likely N-dealkylation sites (N-methyl/N-ethyl adjacent to an activating group) is 1. The molecule has 0 fully saturated rings. The summed E-state index contributed by atoms with van der Waals surface area (Å²) in [6.45, 7) is 2.14. The van der Waals surface area contributed by atoms with E-state index in [1.807, 2.05) is 31.2 Å². The van der Waals surface area contributed by atoms with Crippen molar-refractivity contribution in [2.45, 2.75) is 19.9 Å². The summed E-state index contributed by atoms with van der Waals surface area (Å²) in [7, 11) is 3.32. The minimum atomic E-state index is -0.345. The molecule has 4 rings (SSSR count). The number of halogens is 1. The number of methoxy groups -OCH3 is 1. The van der Waals surface area contributed by atoms with Crippen LogP contribution < -0.4 is 4.74 Å². The molecule has 0 saturated heterocycles. The van der Waals surface area contributed by atoms with Crippen molar-refractivity contribution in [2.75, 3.05) is 14.2 Å². The van der Waals surface area contributed by atoms with Crippen molar-refractivity contribution in [3.05, 3.63) is 71.4 Å². The molecule has 0 unspecified atom stereocenters. The first-order chi connectivity index (χ1) is 14.4. The molecule has 1 N–H and O–H groups in total. The highest BCUT2D eigenvalue weighted by atomic mass is 19.1. The number of nitrogens with one attached hydrogen (secondary N) is 1. The first kappa shape index (κ1) is 19.7. The standard InChI is InChI=1S/C23H22FN3O3/c1-14-10-18(30-26-14)13-27(2)22(28)12-20-19-11-16(24)6-9-21(19)25-23(20)15-4-7-17(29-3)8-5-15/h4-11,25H,12-13H2,1-3H3. The highest BCUT2D eigenvalue weighted by Crippen LogP contribution is 2.32. The van der Waals surface area contributed by atoms with Crippen molar-refractivity contribution in [3.63, 3.8) is 0 Å². The number of rotatable bonds is 6. The van der Waals surface area contributed by atoms with E-state index >= 15 is 0 Å². The van der Waals surface area contributed by atoms with E-state index < -0.39 is 0 Å². The number of amides is 1. The van der Waals surface area contributed by atoms with Gasteiger partial charge >= 0.3 is 0 Å². The van der Waals surface area contributed by atoms with Crippen LogP contribution in [0.5, 0.6) is 5.75 Å². The molecular weight excluding hydrogens is 385 g/mol. The highest BCUT2D eigenvalue weighted by molar-refractivity contribution is 5.95. The molecule has 2 aromatic heterocycles. The fraction of sp³-hybridized carbons (Fsp3) is 0.217. The number of carbonyl (C=O) groups excluding carboxylic acids is 1. The molecule has 2 heterocycles. The maximum absolute atomic E-state index is 14.0. The first-order valence-corrected chi connectivity index (χ1v) is 9.55. The second-order valence-corrected chi connectivity index (χ2v) is 7.26. The van der Waals surface area contributed by atoms with Crippen LogP contribution in [-0.4, -0.2) is 35.1 Å². The number of aromatic amines is 1. The predicted octanol–water partition coefficient (Wildman–Crippen LogP) is 4.48.